The van der Waals surface area contributed by atoms with Crippen molar-refractivity contribution >= 4 is 34.9 Å². The maximum atomic E-state index is 13.0. The number of nitrogens with zero attached hydrogens (tertiary/aromatic N) is 3. The molecule has 1 amide bonds. The summed E-state index contributed by atoms with van der Waals surface area (Å²) in [6.45, 7) is 4.29. The molecular weight excluding hydrogens is 538 g/mol. The van der Waals surface area contributed by atoms with Gasteiger partial charge in [0.25, 0.3) is 0 Å². The second kappa shape index (κ2) is 11.8. The molecule has 0 aliphatic carbocycles. The van der Waals surface area contributed by atoms with Crippen molar-refractivity contribution < 1.29 is 19.4 Å². The molecule has 10 heteroatoms. The van der Waals surface area contributed by atoms with Crippen LogP contribution in [0.4, 0.5) is 5.69 Å². The molecule has 2 atom stereocenters. The average Bonchev–Trinajstić information content (AvgIpc) is 3.46. The normalized spacial score (nSPS) is 16.4. The summed E-state index contributed by atoms with van der Waals surface area (Å²) < 4.78 is 7.32. The molecule has 0 saturated carbocycles. The molecule has 5 rings (SSSR count). The average molecular weight is 570 g/mol. The van der Waals surface area contributed by atoms with Crippen LogP contribution in [-0.2, 0) is 4.79 Å². The number of thiocarbonyl (C=S) groups is 1. The Hall–Kier alpha value is -4.70. The van der Waals surface area contributed by atoms with Gasteiger partial charge in [0, 0.05) is 30.6 Å². The molecule has 0 spiro atoms. The molecule has 1 aliphatic rings. The van der Waals surface area contributed by atoms with Crippen LogP contribution in [0.2, 0.25) is 0 Å². The van der Waals surface area contributed by atoms with E-state index in [1.54, 1.807) is 43.6 Å². The zero-order valence-electron chi connectivity index (χ0n) is 23.0. The number of carbonyl (C=O) groups is 2. The molecule has 0 radical (unpaired) electrons. The van der Waals surface area contributed by atoms with Crippen LogP contribution < -0.4 is 15.4 Å². The maximum absolute atomic E-state index is 13.0. The van der Waals surface area contributed by atoms with Gasteiger partial charge in [-0.2, -0.15) is 0 Å². The van der Waals surface area contributed by atoms with Crippen LogP contribution in [0.25, 0.3) is 5.69 Å². The van der Waals surface area contributed by atoms with Crippen LogP contribution in [0.3, 0.4) is 0 Å². The number of anilines is 1. The number of ether oxygens (including phenoxy) is 1. The first kappa shape index (κ1) is 27.9. The van der Waals surface area contributed by atoms with E-state index in [1.807, 2.05) is 59.7 Å². The Kier molecular flexibility index (Phi) is 8.02. The third kappa shape index (κ3) is 5.51. The van der Waals surface area contributed by atoms with Crippen molar-refractivity contribution in [1.82, 2.24) is 19.8 Å². The minimum absolute atomic E-state index is 0.168. The Morgan fingerprint density at radius 3 is 2.54 bits per heavy atom. The number of hydrogen-bond donors (Lipinski definition) is 3. The van der Waals surface area contributed by atoms with Crippen molar-refractivity contribution in [3.05, 3.63) is 107 Å². The molecule has 3 heterocycles. The van der Waals surface area contributed by atoms with E-state index in [2.05, 4.69) is 21.7 Å². The highest BCUT2D eigenvalue weighted by Gasteiger charge is 2.41. The number of carbonyl (C=O) groups excluding carboxylic acids is 1. The van der Waals surface area contributed by atoms with Gasteiger partial charge in [-0.25, -0.2) is 4.79 Å². The molecule has 210 valence electrons. The smallest absolute Gasteiger partial charge is 0.337 e. The number of rotatable bonds is 9. The van der Waals surface area contributed by atoms with E-state index < -0.39 is 5.97 Å². The van der Waals surface area contributed by atoms with Crippen LogP contribution in [0, 0.1) is 13.8 Å². The number of carboxylic acid groups (broad SMARTS) is 1. The number of hydrogen-bond acceptors (Lipinski definition) is 5. The van der Waals surface area contributed by atoms with E-state index in [4.69, 9.17) is 17.0 Å². The molecule has 1 saturated heterocycles. The van der Waals surface area contributed by atoms with Gasteiger partial charge in [-0.05, 0) is 74.1 Å². The van der Waals surface area contributed by atoms with Crippen molar-refractivity contribution in [1.29, 1.82) is 0 Å². The first-order chi connectivity index (χ1) is 19.8. The maximum Gasteiger partial charge on any atom is 0.337 e. The highest BCUT2D eigenvalue weighted by atomic mass is 32.1. The van der Waals surface area contributed by atoms with Crippen LogP contribution in [0.5, 0.6) is 5.75 Å². The molecule has 9 nitrogen and oxygen atoms in total. The molecule has 0 bridgehead atoms. The van der Waals surface area contributed by atoms with Gasteiger partial charge in [0.1, 0.15) is 5.75 Å². The number of aromatic carboxylic acids is 1. The number of amides is 1. The van der Waals surface area contributed by atoms with E-state index in [9.17, 15) is 14.7 Å². The van der Waals surface area contributed by atoms with E-state index in [-0.39, 0.29) is 30.0 Å². The summed E-state index contributed by atoms with van der Waals surface area (Å²) >= 11 is 5.80. The lowest BCUT2D eigenvalue weighted by atomic mass is 9.96. The summed E-state index contributed by atoms with van der Waals surface area (Å²) in [6, 6.07) is 21.5. The molecule has 1 fully saturated rings. The van der Waals surface area contributed by atoms with Crippen LogP contribution in [-0.4, -0.2) is 50.2 Å². The highest BCUT2D eigenvalue weighted by Crippen LogP contribution is 2.41. The van der Waals surface area contributed by atoms with Crippen LogP contribution in [0.15, 0.2) is 79.0 Å². The predicted molar refractivity (Wildman–Crippen MR) is 161 cm³/mol. The van der Waals surface area contributed by atoms with Gasteiger partial charge in [-0.1, -0.05) is 30.3 Å². The van der Waals surface area contributed by atoms with Crippen molar-refractivity contribution in [2.45, 2.75) is 32.4 Å². The molecule has 3 N–H and O–H groups in total. The molecule has 2 aromatic heterocycles. The van der Waals surface area contributed by atoms with Crippen molar-refractivity contribution in [3.63, 3.8) is 0 Å². The monoisotopic (exact) mass is 569 g/mol. The second-order valence-corrected chi connectivity index (χ2v) is 10.2. The minimum atomic E-state index is -0.993. The topological polar surface area (TPSA) is 109 Å². The molecule has 2 unspecified atom stereocenters. The lowest BCUT2D eigenvalue weighted by molar-refractivity contribution is -0.116. The first-order valence-corrected chi connectivity index (χ1v) is 13.6. The number of aryl methyl sites for hydroxylation is 1. The summed E-state index contributed by atoms with van der Waals surface area (Å²) in [6.07, 6.45) is 1.93. The minimum Gasteiger partial charge on any atom is -0.495 e. The van der Waals surface area contributed by atoms with Crippen LogP contribution >= 0.6 is 12.2 Å². The number of aromatic nitrogens is 2. The largest absolute Gasteiger partial charge is 0.495 e. The Labute approximate surface area is 243 Å². The summed E-state index contributed by atoms with van der Waals surface area (Å²) in [5.74, 6) is -0.577. The lowest BCUT2D eigenvalue weighted by Crippen LogP contribution is -2.33. The lowest BCUT2D eigenvalue weighted by Gasteiger charge is -2.28. The Bertz CT molecular complexity index is 1600. The Morgan fingerprint density at radius 1 is 1.07 bits per heavy atom. The fourth-order valence-corrected chi connectivity index (χ4v) is 5.81. The number of pyridine rings is 1. The summed E-state index contributed by atoms with van der Waals surface area (Å²) in [7, 11) is 1.56. The van der Waals surface area contributed by atoms with Gasteiger partial charge >= 0.3 is 5.97 Å². The third-order valence-corrected chi connectivity index (χ3v) is 7.68. The quantitative estimate of drug-likeness (QED) is 0.236. The molecular formula is C31H31N5O4S. The summed E-state index contributed by atoms with van der Waals surface area (Å²) in [5.41, 5.74) is 4.96. The van der Waals surface area contributed by atoms with Gasteiger partial charge in [0.2, 0.25) is 5.91 Å². The van der Waals surface area contributed by atoms with Gasteiger partial charge < -0.3 is 29.9 Å². The van der Waals surface area contributed by atoms with E-state index in [0.29, 0.717) is 28.8 Å². The van der Waals surface area contributed by atoms with E-state index >= 15 is 0 Å². The van der Waals surface area contributed by atoms with Gasteiger partial charge in [0.05, 0.1) is 41.8 Å². The Balaban J connectivity index is 1.50. The molecule has 2 aromatic carbocycles. The Morgan fingerprint density at radius 2 is 1.80 bits per heavy atom. The standard InChI is InChI=1S/C31H31N5O4S/c1-19-18-22(20(2)36(19)25-13-6-4-10-21(25)30(38)39)29-28(24-12-8-9-16-32-24)34-31(41)35(29)17-15-27(37)33-23-11-5-7-14-26(23)40-3/h4-14,16,18,28-29H,15,17H2,1-3H3,(H,33,37)(H,34,41)(H,38,39). The van der Waals surface area contributed by atoms with Gasteiger partial charge in [0.15, 0.2) is 5.11 Å². The number of para-hydroxylation sites is 3. The predicted octanol–water partition coefficient (Wildman–Crippen LogP) is 5.20. The number of carboxylic acids is 1. The first-order valence-electron chi connectivity index (χ1n) is 13.2. The molecule has 41 heavy (non-hydrogen) atoms. The van der Waals surface area contributed by atoms with Crippen molar-refractivity contribution in [2.75, 3.05) is 19.0 Å². The fourth-order valence-electron chi connectivity index (χ4n) is 5.47. The van der Waals surface area contributed by atoms with Gasteiger partial charge in [-0.15, -0.1) is 0 Å². The summed E-state index contributed by atoms with van der Waals surface area (Å²) in [5, 5.41) is 16.7. The third-order valence-electron chi connectivity index (χ3n) is 7.32. The summed E-state index contributed by atoms with van der Waals surface area (Å²) in [4.78, 5) is 31.7. The zero-order valence-corrected chi connectivity index (χ0v) is 23.8. The van der Waals surface area contributed by atoms with E-state index in [0.717, 1.165) is 22.6 Å². The fraction of sp³-hybridized carbons (Fsp3) is 0.226. The molecule has 4 aromatic rings. The van der Waals surface area contributed by atoms with Crippen molar-refractivity contribution in [3.8, 4) is 11.4 Å². The van der Waals surface area contributed by atoms with Crippen LogP contribution in [0.1, 0.15) is 51.5 Å². The molecule has 1 aliphatic heterocycles. The number of methoxy groups -OCH3 is 1. The van der Waals surface area contributed by atoms with Crippen molar-refractivity contribution in [2.24, 2.45) is 0 Å². The zero-order chi connectivity index (χ0) is 29.1. The van der Waals surface area contributed by atoms with E-state index in [1.165, 1.54) is 0 Å². The second-order valence-electron chi connectivity index (χ2n) is 9.80. The SMILES string of the molecule is COc1ccccc1NC(=O)CCN1C(=S)NC(c2ccccn2)C1c1cc(C)n(-c2ccccc2C(=O)O)c1C. The number of benzene rings is 2. The number of nitrogens with one attached hydrogen (secondary N) is 2. The highest BCUT2D eigenvalue weighted by molar-refractivity contribution is 7.80. The van der Waals surface area contributed by atoms with Gasteiger partial charge in [-0.3, -0.25) is 9.78 Å².